The molecule has 0 aromatic heterocycles. The minimum absolute atomic E-state index is 0.184. The number of sulfonamides is 1. The first-order chi connectivity index (χ1) is 13.4. The van der Waals surface area contributed by atoms with Crippen LogP contribution < -0.4 is 14.4 Å². The summed E-state index contributed by atoms with van der Waals surface area (Å²) in [6.07, 6.45) is 0. The quantitative estimate of drug-likeness (QED) is 0.688. The molecule has 0 aliphatic carbocycles. The lowest BCUT2D eigenvalue weighted by Gasteiger charge is -2.20. The number of nitrogens with one attached hydrogen (secondary N) is 1. The van der Waals surface area contributed by atoms with Gasteiger partial charge >= 0.3 is 0 Å². The second-order valence-electron chi connectivity index (χ2n) is 6.02. The lowest BCUT2D eigenvalue weighted by atomic mass is 10.2. The van der Waals surface area contributed by atoms with Gasteiger partial charge in [0.1, 0.15) is 5.75 Å². The maximum atomic E-state index is 12.8. The lowest BCUT2D eigenvalue weighted by Crippen LogP contribution is -2.26. The van der Waals surface area contributed by atoms with Crippen LogP contribution in [-0.4, -0.2) is 28.5 Å². The van der Waals surface area contributed by atoms with Gasteiger partial charge in [0.2, 0.25) is 0 Å². The number of rotatable bonds is 6. The molecule has 0 radical (unpaired) electrons. The van der Waals surface area contributed by atoms with E-state index in [1.165, 1.54) is 25.2 Å². The number of anilines is 2. The molecule has 0 aliphatic heterocycles. The summed E-state index contributed by atoms with van der Waals surface area (Å²) in [6.45, 7) is 0. The maximum absolute atomic E-state index is 12.8. The van der Waals surface area contributed by atoms with E-state index < -0.39 is 10.0 Å². The molecule has 0 spiro atoms. The Balaban J connectivity index is 1.84. The summed E-state index contributed by atoms with van der Waals surface area (Å²) in [4.78, 5) is 12.8. The number of nitrogens with zero attached hydrogens (tertiary/aromatic N) is 1. The van der Waals surface area contributed by atoms with E-state index in [1.807, 2.05) is 0 Å². The van der Waals surface area contributed by atoms with E-state index in [0.717, 1.165) is 4.31 Å². The summed E-state index contributed by atoms with van der Waals surface area (Å²) in [5.41, 5.74) is 1.32. The van der Waals surface area contributed by atoms with E-state index in [0.29, 0.717) is 22.7 Å². The summed E-state index contributed by atoms with van der Waals surface area (Å²) in [7, 11) is -0.709. The number of ether oxygens (including phenoxy) is 1. The second-order valence-corrected chi connectivity index (χ2v) is 7.99. The Morgan fingerprint density at radius 2 is 1.64 bits per heavy atom. The molecule has 1 N–H and O–H groups in total. The van der Waals surface area contributed by atoms with Crippen LogP contribution in [0.15, 0.2) is 83.8 Å². The second kappa shape index (κ2) is 8.14. The van der Waals surface area contributed by atoms with Gasteiger partial charge in [-0.25, -0.2) is 8.42 Å². The van der Waals surface area contributed by atoms with Crippen molar-refractivity contribution in [1.29, 1.82) is 0 Å². The number of carbonyl (C=O) groups is 1. The third-order valence-corrected chi connectivity index (χ3v) is 6.00. The van der Waals surface area contributed by atoms with E-state index in [4.69, 9.17) is 4.74 Å². The predicted molar refractivity (Wildman–Crippen MR) is 109 cm³/mol. The van der Waals surface area contributed by atoms with Crippen molar-refractivity contribution >= 4 is 27.3 Å². The van der Waals surface area contributed by atoms with Crippen molar-refractivity contribution in [3.63, 3.8) is 0 Å². The topological polar surface area (TPSA) is 75.7 Å². The fourth-order valence-electron chi connectivity index (χ4n) is 2.64. The Labute approximate surface area is 164 Å². The van der Waals surface area contributed by atoms with Gasteiger partial charge in [-0.2, -0.15) is 0 Å². The highest BCUT2D eigenvalue weighted by molar-refractivity contribution is 7.92. The molecule has 0 fully saturated rings. The van der Waals surface area contributed by atoms with Crippen LogP contribution in [-0.2, 0) is 10.0 Å². The monoisotopic (exact) mass is 396 g/mol. The van der Waals surface area contributed by atoms with Crippen molar-refractivity contribution in [3.8, 4) is 5.75 Å². The Hall–Kier alpha value is -3.32. The molecule has 0 saturated heterocycles. The zero-order valence-electron chi connectivity index (χ0n) is 15.5. The summed E-state index contributed by atoms with van der Waals surface area (Å²) in [5.74, 6) is 0.279. The smallest absolute Gasteiger partial charge is 0.264 e. The third-order valence-electron chi connectivity index (χ3n) is 4.20. The van der Waals surface area contributed by atoms with Crippen molar-refractivity contribution in [2.75, 3.05) is 23.8 Å². The van der Waals surface area contributed by atoms with Crippen LogP contribution in [0.1, 0.15) is 10.4 Å². The van der Waals surface area contributed by atoms with E-state index >= 15 is 0 Å². The largest absolute Gasteiger partial charge is 0.497 e. The number of amides is 1. The van der Waals surface area contributed by atoms with Crippen LogP contribution in [0.3, 0.4) is 0 Å². The van der Waals surface area contributed by atoms with Crippen molar-refractivity contribution in [2.24, 2.45) is 0 Å². The number of hydrogen-bond donors (Lipinski definition) is 1. The number of hydrogen-bond acceptors (Lipinski definition) is 4. The van der Waals surface area contributed by atoms with Gasteiger partial charge < -0.3 is 10.1 Å². The van der Waals surface area contributed by atoms with Gasteiger partial charge in [-0.15, -0.1) is 0 Å². The minimum Gasteiger partial charge on any atom is -0.497 e. The molecule has 3 aromatic rings. The molecular formula is C21H20N2O4S. The number of methoxy groups -OCH3 is 1. The fourth-order valence-corrected chi connectivity index (χ4v) is 3.84. The Morgan fingerprint density at radius 1 is 0.929 bits per heavy atom. The molecule has 0 aliphatic rings. The Kier molecular flexibility index (Phi) is 5.65. The van der Waals surface area contributed by atoms with Crippen LogP contribution in [0.4, 0.5) is 11.4 Å². The van der Waals surface area contributed by atoms with Crippen LogP contribution in [0.2, 0.25) is 0 Å². The summed E-state index contributed by atoms with van der Waals surface area (Å²) in [5, 5.41) is 2.78. The van der Waals surface area contributed by atoms with Crippen LogP contribution in [0.25, 0.3) is 0 Å². The van der Waals surface area contributed by atoms with E-state index in [2.05, 4.69) is 5.32 Å². The van der Waals surface area contributed by atoms with Gasteiger partial charge in [0.05, 0.1) is 17.7 Å². The predicted octanol–water partition coefficient (Wildman–Crippen LogP) is 3.77. The summed E-state index contributed by atoms with van der Waals surface area (Å²) < 4.78 is 31.9. The molecule has 3 rings (SSSR count). The average molecular weight is 396 g/mol. The minimum atomic E-state index is -3.72. The molecule has 0 heterocycles. The summed E-state index contributed by atoms with van der Waals surface area (Å²) in [6, 6.07) is 21.6. The van der Waals surface area contributed by atoms with Crippen molar-refractivity contribution in [3.05, 3.63) is 84.4 Å². The highest BCUT2D eigenvalue weighted by Crippen LogP contribution is 2.24. The molecule has 7 heteroatoms. The van der Waals surface area contributed by atoms with E-state index in [9.17, 15) is 13.2 Å². The molecule has 1 amide bonds. The molecular weight excluding hydrogens is 376 g/mol. The molecule has 28 heavy (non-hydrogen) atoms. The SMILES string of the molecule is COc1cccc(NC(=O)c2cccc(N(C)S(=O)(=O)c3ccccc3)c2)c1. The van der Waals surface area contributed by atoms with Gasteiger partial charge in [-0.05, 0) is 42.5 Å². The van der Waals surface area contributed by atoms with Crippen LogP contribution in [0.5, 0.6) is 5.75 Å². The van der Waals surface area contributed by atoms with Crippen molar-refractivity contribution < 1.29 is 17.9 Å². The van der Waals surface area contributed by atoms with Gasteiger partial charge in [-0.1, -0.05) is 30.3 Å². The van der Waals surface area contributed by atoms with Gasteiger partial charge in [0, 0.05) is 24.4 Å². The standard InChI is InChI=1S/C21H20N2O4S/c1-23(28(25,26)20-12-4-3-5-13-20)18-10-6-8-16(14-18)21(24)22-17-9-7-11-19(15-17)27-2/h3-15H,1-2H3,(H,22,24). The zero-order chi connectivity index (χ0) is 20.1. The van der Waals surface area contributed by atoms with Crippen molar-refractivity contribution in [2.45, 2.75) is 4.90 Å². The number of benzene rings is 3. The molecule has 0 unspecified atom stereocenters. The van der Waals surface area contributed by atoms with Gasteiger partial charge in [0.25, 0.3) is 15.9 Å². The molecule has 0 saturated carbocycles. The molecule has 3 aromatic carbocycles. The van der Waals surface area contributed by atoms with Crippen LogP contribution >= 0.6 is 0 Å². The molecule has 144 valence electrons. The van der Waals surface area contributed by atoms with Gasteiger partial charge in [0.15, 0.2) is 0 Å². The lowest BCUT2D eigenvalue weighted by molar-refractivity contribution is 0.102. The highest BCUT2D eigenvalue weighted by Gasteiger charge is 2.21. The molecule has 0 atom stereocenters. The fraction of sp³-hybridized carbons (Fsp3) is 0.0952. The van der Waals surface area contributed by atoms with Crippen LogP contribution in [0, 0.1) is 0 Å². The zero-order valence-corrected chi connectivity index (χ0v) is 16.3. The average Bonchev–Trinajstić information content (AvgIpc) is 2.74. The first-order valence-electron chi connectivity index (χ1n) is 8.51. The van der Waals surface area contributed by atoms with Gasteiger partial charge in [-0.3, -0.25) is 9.10 Å². The highest BCUT2D eigenvalue weighted by atomic mass is 32.2. The summed E-state index contributed by atoms with van der Waals surface area (Å²) >= 11 is 0. The normalized spacial score (nSPS) is 10.9. The Morgan fingerprint density at radius 3 is 2.36 bits per heavy atom. The van der Waals surface area contributed by atoms with E-state index in [-0.39, 0.29) is 10.8 Å². The van der Waals surface area contributed by atoms with Crippen molar-refractivity contribution in [1.82, 2.24) is 0 Å². The number of carbonyl (C=O) groups excluding carboxylic acids is 1. The maximum Gasteiger partial charge on any atom is 0.264 e. The Bertz CT molecular complexity index is 1080. The third kappa shape index (κ3) is 4.15. The molecule has 0 bridgehead atoms. The molecule has 6 nitrogen and oxygen atoms in total. The first-order valence-corrected chi connectivity index (χ1v) is 9.95. The van der Waals surface area contributed by atoms with E-state index in [1.54, 1.807) is 67.8 Å². The first kappa shape index (κ1) is 19.4.